The van der Waals surface area contributed by atoms with Gasteiger partial charge >= 0.3 is 0 Å². The third-order valence-electron chi connectivity index (χ3n) is 3.54. The number of furan rings is 1. The van der Waals surface area contributed by atoms with Crippen LogP contribution < -0.4 is 9.47 Å². The van der Waals surface area contributed by atoms with Gasteiger partial charge in [0.2, 0.25) is 10.0 Å². The Hall–Kier alpha value is -2.50. The lowest BCUT2D eigenvalue weighted by Crippen LogP contribution is -2.31. The van der Waals surface area contributed by atoms with E-state index in [1.165, 1.54) is 22.7 Å². The molecule has 1 aromatic heterocycles. The van der Waals surface area contributed by atoms with Crippen LogP contribution in [0.25, 0.3) is 0 Å². The summed E-state index contributed by atoms with van der Waals surface area (Å²) in [6.07, 6.45) is 1.57. The van der Waals surface area contributed by atoms with E-state index in [0.29, 0.717) is 30.5 Å². The summed E-state index contributed by atoms with van der Waals surface area (Å²) in [7, 11) is -3.80. The summed E-state index contributed by atoms with van der Waals surface area (Å²) in [4.78, 5) is 0.0937. The average Bonchev–Trinajstić information content (AvgIpc) is 3.11. The highest BCUT2D eigenvalue weighted by molar-refractivity contribution is 7.89. The lowest BCUT2D eigenvalue weighted by atomic mass is 10.3. The van der Waals surface area contributed by atoms with Crippen LogP contribution in [-0.2, 0) is 16.6 Å². The van der Waals surface area contributed by atoms with Crippen LogP contribution in [0.3, 0.4) is 0 Å². The topological polar surface area (TPSA) is 92.8 Å². The molecule has 24 heavy (non-hydrogen) atoms. The van der Waals surface area contributed by atoms with E-state index >= 15 is 0 Å². The smallest absolute Gasteiger partial charge is 0.243 e. The predicted molar refractivity (Wildman–Crippen MR) is 84.0 cm³/mol. The van der Waals surface area contributed by atoms with E-state index in [4.69, 9.17) is 19.2 Å². The van der Waals surface area contributed by atoms with Crippen LogP contribution in [0.5, 0.6) is 11.5 Å². The zero-order valence-electron chi connectivity index (χ0n) is 12.8. The van der Waals surface area contributed by atoms with Crippen LogP contribution >= 0.6 is 0 Å². The van der Waals surface area contributed by atoms with Gasteiger partial charge in [-0.25, -0.2) is 8.42 Å². The van der Waals surface area contributed by atoms with E-state index in [1.807, 2.05) is 6.07 Å². The first kappa shape index (κ1) is 16.4. The Bertz CT molecular complexity index is 840. The highest BCUT2D eigenvalue weighted by atomic mass is 32.2. The van der Waals surface area contributed by atoms with Gasteiger partial charge in [0.05, 0.1) is 23.8 Å². The maximum absolute atomic E-state index is 12.9. The zero-order chi connectivity index (χ0) is 17.0. The molecule has 7 nitrogen and oxygen atoms in total. The molecule has 0 spiro atoms. The first-order valence-electron chi connectivity index (χ1n) is 7.40. The number of rotatable bonds is 6. The molecule has 0 atom stereocenters. The van der Waals surface area contributed by atoms with Crippen LogP contribution in [0.1, 0.15) is 12.2 Å². The Labute approximate surface area is 140 Å². The Morgan fingerprint density at radius 3 is 2.67 bits per heavy atom. The zero-order valence-corrected chi connectivity index (χ0v) is 13.7. The van der Waals surface area contributed by atoms with Gasteiger partial charge < -0.3 is 13.9 Å². The van der Waals surface area contributed by atoms with E-state index in [2.05, 4.69) is 0 Å². The molecule has 0 bridgehead atoms. The summed E-state index contributed by atoms with van der Waals surface area (Å²) >= 11 is 0. The Morgan fingerprint density at radius 2 is 1.96 bits per heavy atom. The second-order valence-electron chi connectivity index (χ2n) is 5.13. The fraction of sp³-hybridized carbons (Fsp3) is 0.312. The van der Waals surface area contributed by atoms with Crippen molar-refractivity contribution < 1.29 is 22.3 Å². The maximum Gasteiger partial charge on any atom is 0.243 e. The standard InChI is InChI=1S/C16H16N2O5S/c17-6-2-7-18(12-13-3-1-8-21-13)24(19,20)14-4-5-15-16(11-14)23-10-9-22-15/h1,3-5,8,11H,2,7,9-10,12H2. The minimum Gasteiger partial charge on any atom is -0.486 e. The van der Waals surface area contributed by atoms with E-state index in [1.54, 1.807) is 18.2 Å². The van der Waals surface area contributed by atoms with Crippen LogP contribution in [0.15, 0.2) is 45.9 Å². The van der Waals surface area contributed by atoms with Gasteiger partial charge in [-0.3, -0.25) is 0 Å². The summed E-state index contributed by atoms with van der Waals surface area (Å²) in [5.74, 6) is 1.43. The molecular weight excluding hydrogens is 332 g/mol. The second kappa shape index (κ2) is 6.95. The molecule has 0 radical (unpaired) electrons. The van der Waals surface area contributed by atoms with E-state index < -0.39 is 10.0 Å². The Balaban J connectivity index is 1.91. The largest absolute Gasteiger partial charge is 0.486 e. The van der Waals surface area contributed by atoms with Gasteiger partial charge in [-0.2, -0.15) is 9.57 Å². The molecule has 0 fully saturated rings. The highest BCUT2D eigenvalue weighted by Gasteiger charge is 2.27. The molecule has 126 valence electrons. The molecule has 1 aliphatic heterocycles. The van der Waals surface area contributed by atoms with Crippen molar-refractivity contribution in [2.45, 2.75) is 17.9 Å². The van der Waals surface area contributed by atoms with E-state index in [-0.39, 0.29) is 24.4 Å². The van der Waals surface area contributed by atoms with Crippen molar-refractivity contribution in [3.05, 3.63) is 42.4 Å². The summed E-state index contributed by atoms with van der Waals surface area (Å²) < 4.78 is 43.2. The van der Waals surface area contributed by atoms with Gasteiger partial charge in [0, 0.05) is 19.0 Å². The molecule has 2 aromatic rings. The molecular formula is C16H16N2O5S. The van der Waals surface area contributed by atoms with Crippen molar-refractivity contribution in [3.63, 3.8) is 0 Å². The fourth-order valence-corrected chi connectivity index (χ4v) is 3.79. The molecule has 0 unspecified atom stereocenters. The van der Waals surface area contributed by atoms with Crippen molar-refractivity contribution >= 4 is 10.0 Å². The number of sulfonamides is 1. The molecule has 1 aromatic carbocycles. The molecule has 0 saturated heterocycles. The molecule has 1 aliphatic rings. The van der Waals surface area contributed by atoms with Gasteiger partial charge in [-0.05, 0) is 24.3 Å². The monoisotopic (exact) mass is 348 g/mol. The maximum atomic E-state index is 12.9. The van der Waals surface area contributed by atoms with Gasteiger partial charge in [0.15, 0.2) is 11.5 Å². The van der Waals surface area contributed by atoms with Crippen LogP contribution in [0, 0.1) is 11.3 Å². The predicted octanol–water partition coefficient (Wildman–Crippen LogP) is 2.16. The second-order valence-corrected chi connectivity index (χ2v) is 7.07. The average molecular weight is 348 g/mol. The Morgan fingerprint density at radius 1 is 1.17 bits per heavy atom. The number of nitriles is 1. The van der Waals surface area contributed by atoms with Gasteiger partial charge in [0.25, 0.3) is 0 Å². The molecule has 0 saturated carbocycles. The first-order chi connectivity index (χ1) is 11.6. The summed E-state index contributed by atoms with van der Waals surface area (Å²) in [5.41, 5.74) is 0. The van der Waals surface area contributed by atoms with Crippen LogP contribution in [0.2, 0.25) is 0 Å². The van der Waals surface area contributed by atoms with Crippen LogP contribution in [-0.4, -0.2) is 32.5 Å². The van der Waals surface area contributed by atoms with Crippen molar-refractivity contribution in [1.82, 2.24) is 4.31 Å². The molecule has 0 aliphatic carbocycles. The Kier molecular flexibility index (Phi) is 4.74. The molecule has 3 rings (SSSR count). The number of ether oxygens (including phenoxy) is 2. The molecule has 8 heteroatoms. The highest BCUT2D eigenvalue weighted by Crippen LogP contribution is 2.33. The number of hydrogen-bond acceptors (Lipinski definition) is 6. The SMILES string of the molecule is N#CCCN(Cc1ccco1)S(=O)(=O)c1ccc2c(c1)OCCO2. The minimum absolute atomic E-state index is 0.0610. The summed E-state index contributed by atoms with van der Waals surface area (Å²) in [5, 5.41) is 8.80. The minimum atomic E-state index is -3.80. The number of benzene rings is 1. The quantitative estimate of drug-likeness (QED) is 0.794. The lowest BCUT2D eigenvalue weighted by molar-refractivity contribution is 0.171. The van der Waals surface area contributed by atoms with E-state index in [0.717, 1.165) is 0 Å². The lowest BCUT2D eigenvalue weighted by Gasteiger charge is -2.22. The summed E-state index contributed by atoms with van der Waals surface area (Å²) in [6, 6.07) is 9.86. The summed E-state index contributed by atoms with van der Waals surface area (Å²) in [6.45, 7) is 0.951. The first-order valence-corrected chi connectivity index (χ1v) is 8.84. The normalized spacial score (nSPS) is 13.7. The number of hydrogen-bond donors (Lipinski definition) is 0. The fourth-order valence-electron chi connectivity index (χ4n) is 2.37. The van der Waals surface area contributed by atoms with Crippen molar-refractivity contribution in [1.29, 1.82) is 5.26 Å². The van der Waals surface area contributed by atoms with Crippen molar-refractivity contribution in [2.75, 3.05) is 19.8 Å². The number of fused-ring (bicyclic) bond motifs is 1. The third kappa shape index (κ3) is 3.37. The van der Waals surface area contributed by atoms with Gasteiger partial charge in [-0.15, -0.1) is 0 Å². The number of nitrogens with zero attached hydrogens (tertiary/aromatic N) is 2. The van der Waals surface area contributed by atoms with Gasteiger partial charge in [-0.1, -0.05) is 0 Å². The van der Waals surface area contributed by atoms with Crippen LogP contribution in [0.4, 0.5) is 0 Å². The van der Waals surface area contributed by atoms with E-state index in [9.17, 15) is 8.42 Å². The van der Waals surface area contributed by atoms with Crippen molar-refractivity contribution in [3.8, 4) is 17.6 Å². The molecule has 0 N–H and O–H groups in total. The third-order valence-corrected chi connectivity index (χ3v) is 5.38. The molecule has 2 heterocycles. The molecule has 0 amide bonds. The van der Waals surface area contributed by atoms with Gasteiger partial charge in [0.1, 0.15) is 19.0 Å². The van der Waals surface area contributed by atoms with Crippen molar-refractivity contribution in [2.24, 2.45) is 0 Å².